The highest BCUT2D eigenvalue weighted by Crippen LogP contribution is 2.11. The van der Waals surface area contributed by atoms with Crippen LogP contribution in [-0.4, -0.2) is 5.33 Å². The van der Waals surface area contributed by atoms with Gasteiger partial charge in [0.2, 0.25) is 0 Å². The third-order valence-electron chi connectivity index (χ3n) is 1.37. The fraction of sp³-hybridized carbons (Fsp3) is 0.111. The normalized spacial score (nSPS) is 8.50. The van der Waals surface area contributed by atoms with Gasteiger partial charge >= 0.3 is 0 Å². The molecule has 0 atom stereocenters. The molecule has 1 rings (SSSR count). The zero-order valence-corrected chi connectivity index (χ0v) is 8.06. The van der Waals surface area contributed by atoms with E-state index in [-0.39, 0.29) is 0 Å². The first kappa shape index (κ1) is 9.11. The third kappa shape index (κ3) is 2.26. The van der Waals surface area contributed by atoms with Gasteiger partial charge in [-0.15, -0.1) is 0 Å². The van der Waals surface area contributed by atoms with Crippen LogP contribution >= 0.6 is 15.9 Å². The highest BCUT2D eigenvalue weighted by atomic mass is 79.9. The van der Waals surface area contributed by atoms with Crippen LogP contribution in [0.2, 0.25) is 0 Å². The van der Waals surface area contributed by atoms with Crippen LogP contribution in [0.4, 0.5) is 5.69 Å². The molecule has 12 heavy (non-hydrogen) atoms. The van der Waals surface area contributed by atoms with Crippen LogP contribution < -0.4 is 11.3 Å². The first-order chi connectivity index (χ1) is 5.88. The van der Waals surface area contributed by atoms with E-state index in [4.69, 9.17) is 5.84 Å². The molecule has 62 valence electrons. The Morgan fingerprint density at radius 2 is 2.17 bits per heavy atom. The number of anilines is 1. The van der Waals surface area contributed by atoms with E-state index < -0.39 is 0 Å². The Kier molecular flexibility index (Phi) is 3.65. The lowest BCUT2D eigenvalue weighted by atomic mass is 10.2. The Morgan fingerprint density at radius 1 is 1.42 bits per heavy atom. The number of para-hydroxylation sites is 1. The van der Waals surface area contributed by atoms with Crippen molar-refractivity contribution < 1.29 is 0 Å². The van der Waals surface area contributed by atoms with Gasteiger partial charge in [0.25, 0.3) is 0 Å². The molecule has 0 bridgehead atoms. The molecule has 1 aromatic carbocycles. The Labute approximate surface area is 80.3 Å². The highest BCUT2D eigenvalue weighted by Gasteiger charge is 1.93. The van der Waals surface area contributed by atoms with E-state index in [9.17, 15) is 0 Å². The van der Waals surface area contributed by atoms with Crippen molar-refractivity contribution in [1.82, 2.24) is 0 Å². The molecule has 0 saturated carbocycles. The molecule has 0 aromatic heterocycles. The van der Waals surface area contributed by atoms with Gasteiger partial charge in [0.1, 0.15) is 0 Å². The molecular formula is C9H9BrN2. The molecule has 0 saturated heterocycles. The SMILES string of the molecule is NNc1ccccc1C#CCBr. The van der Waals surface area contributed by atoms with Crippen LogP contribution in [-0.2, 0) is 0 Å². The summed E-state index contributed by atoms with van der Waals surface area (Å²) in [5.74, 6) is 11.2. The number of halogens is 1. The quantitative estimate of drug-likeness (QED) is 0.330. The van der Waals surface area contributed by atoms with E-state index in [1.165, 1.54) is 0 Å². The van der Waals surface area contributed by atoms with Gasteiger partial charge in [-0.25, -0.2) is 0 Å². The van der Waals surface area contributed by atoms with Crippen molar-refractivity contribution in [2.24, 2.45) is 5.84 Å². The Bertz CT molecular complexity index is 312. The van der Waals surface area contributed by atoms with Gasteiger partial charge < -0.3 is 5.43 Å². The first-order valence-corrected chi connectivity index (χ1v) is 4.61. The molecule has 0 aliphatic carbocycles. The van der Waals surface area contributed by atoms with Crippen molar-refractivity contribution in [2.45, 2.75) is 0 Å². The van der Waals surface area contributed by atoms with Crippen molar-refractivity contribution in [3.63, 3.8) is 0 Å². The van der Waals surface area contributed by atoms with E-state index in [1.807, 2.05) is 24.3 Å². The van der Waals surface area contributed by atoms with Crippen molar-refractivity contribution in [2.75, 3.05) is 10.8 Å². The number of nitrogens with one attached hydrogen (secondary N) is 1. The summed E-state index contributed by atoms with van der Waals surface area (Å²) >= 11 is 3.23. The summed E-state index contributed by atoms with van der Waals surface area (Å²) in [6, 6.07) is 7.65. The number of alkyl halides is 1. The van der Waals surface area contributed by atoms with Crippen LogP contribution in [0.25, 0.3) is 0 Å². The predicted molar refractivity (Wildman–Crippen MR) is 54.9 cm³/mol. The molecule has 1 aromatic rings. The summed E-state index contributed by atoms with van der Waals surface area (Å²) in [5.41, 5.74) is 4.36. The fourth-order valence-electron chi connectivity index (χ4n) is 0.847. The smallest absolute Gasteiger partial charge is 0.0649 e. The van der Waals surface area contributed by atoms with Crippen molar-refractivity contribution >= 4 is 21.6 Å². The minimum absolute atomic E-state index is 0.673. The lowest BCUT2D eigenvalue weighted by Crippen LogP contribution is -2.07. The Morgan fingerprint density at radius 3 is 2.83 bits per heavy atom. The number of rotatable bonds is 1. The van der Waals surface area contributed by atoms with Crippen molar-refractivity contribution in [3.8, 4) is 11.8 Å². The molecule has 0 fully saturated rings. The average molecular weight is 225 g/mol. The number of hydrogen-bond donors (Lipinski definition) is 2. The standard InChI is InChI=1S/C9H9BrN2/c10-7-3-5-8-4-1-2-6-9(8)12-11/h1-2,4,6,12H,7,11H2. The van der Waals surface area contributed by atoms with Crippen molar-refractivity contribution in [1.29, 1.82) is 0 Å². The van der Waals surface area contributed by atoms with Gasteiger partial charge in [0.15, 0.2) is 0 Å². The molecule has 0 heterocycles. The van der Waals surface area contributed by atoms with E-state index >= 15 is 0 Å². The lowest BCUT2D eigenvalue weighted by molar-refractivity contribution is 1.34. The zero-order valence-electron chi connectivity index (χ0n) is 6.47. The minimum atomic E-state index is 0.673. The largest absolute Gasteiger partial charge is 0.323 e. The summed E-state index contributed by atoms with van der Waals surface area (Å²) in [6.07, 6.45) is 0. The Balaban J connectivity index is 2.97. The van der Waals surface area contributed by atoms with Gasteiger partial charge in [-0.05, 0) is 12.1 Å². The lowest BCUT2D eigenvalue weighted by Gasteiger charge is -2.00. The maximum Gasteiger partial charge on any atom is 0.0649 e. The number of benzene rings is 1. The molecule has 0 radical (unpaired) electrons. The van der Waals surface area contributed by atoms with Gasteiger partial charge in [-0.3, -0.25) is 5.84 Å². The molecule has 0 spiro atoms. The molecule has 3 heteroatoms. The van der Waals surface area contributed by atoms with E-state index in [2.05, 4.69) is 33.2 Å². The number of nitrogens with two attached hydrogens (primary N) is 1. The topological polar surface area (TPSA) is 38.0 Å². The van der Waals surface area contributed by atoms with Gasteiger partial charge in [0, 0.05) is 5.56 Å². The molecule has 0 aliphatic rings. The number of hydrogen-bond acceptors (Lipinski definition) is 2. The molecule has 0 amide bonds. The summed E-state index contributed by atoms with van der Waals surface area (Å²) in [6.45, 7) is 0. The monoisotopic (exact) mass is 224 g/mol. The maximum atomic E-state index is 5.29. The van der Waals surface area contributed by atoms with Crippen LogP contribution in [0.3, 0.4) is 0 Å². The summed E-state index contributed by atoms with van der Waals surface area (Å²) in [5, 5.41) is 0.673. The summed E-state index contributed by atoms with van der Waals surface area (Å²) in [7, 11) is 0. The van der Waals surface area contributed by atoms with E-state index in [0.29, 0.717) is 5.33 Å². The molecule has 2 nitrogen and oxygen atoms in total. The summed E-state index contributed by atoms with van der Waals surface area (Å²) < 4.78 is 0. The minimum Gasteiger partial charge on any atom is -0.323 e. The van der Waals surface area contributed by atoms with Crippen LogP contribution in [0.15, 0.2) is 24.3 Å². The van der Waals surface area contributed by atoms with E-state index in [1.54, 1.807) is 0 Å². The molecule has 0 unspecified atom stereocenters. The second-order valence-electron chi connectivity index (χ2n) is 2.13. The molecule has 0 aliphatic heterocycles. The number of nitrogen functional groups attached to an aromatic ring is 1. The predicted octanol–water partition coefficient (Wildman–Crippen LogP) is 1.72. The van der Waals surface area contributed by atoms with Crippen LogP contribution in [0.5, 0.6) is 0 Å². The molecular weight excluding hydrogens is 216 g/mol. The van der Waals surface area contributed by atoms with Crippen LogP contribution in [0, 0.1) is 11.8 Å². The summed E-state index contributed by atoms with van der Waals surface area (Å²) in [4.78, 5) is 0. The first-order valence-electron chi connectivity index (χ1n) is 3.49. The highest BCUT2D eigenvalue weighted by molar-refractivity contribution is 9.09. The second kappa shape index (κ2) is 4.81. The van der Waals surface area contributed by atoms with Gasteiger partial charge in [-0.1, -0.05) is 39.9 Å². The van der Waals surface area contributed by atoms with E-state index in [0.717, 1.165) is 11.3 Å². The average Bonchev–Trinajstić information content (AvgIpc) is 2.15. The molecule has 3 N–H and O–H groups in total. The second-order valence-corrected chi connectivity index (χ2v) is 2.69. The maximum absolute atomic E-state index is 5.29. The van der Waals surface area contributed by atoms with Gasteiger partial charge in [-0.2, -0.15) is 0 Å². The van der Waals surface area contributed by atoms with Crippen molar-refractivity contribution in [3.05, 3.63) is 29.8 Å². The Hall–Kier alpha value is -0.980. The number of hydrazine groups is 1. The fourth-order valence-corrected chi connectivity index (χ4v) is 0.987. The van der Waals surface area contributed by atoms with Gasteiger partial charge in [0.05, 0.1) is 11.0 Å². The zero-order chi connectivity index (χ0) is 8.81. The van der Waals surface area contributed by atoms with Crippen LogP contribution in [0.1, 0.15) is 5.56 Å². The third-order valence-corrected chi connectivity index (χ3v) is 1.65.